The highest BCUT2D eigenvalue weighted by Crippen LogP contribution is 2.44. The van der Waals surface area contributed by atoms with Crippen molar-refractivity contribution in [2.24, 2.45) is 4.99 Å². The quantitative estimate of drug-likeness (QED) is 0.652. The minimum Gasteiger partial charge on any atom is -0.482 e. The number of carbonyl (C=O) groups is 1. The number of amides is 1. The molecule has 0 bridgehead atoms. The number of hydrogen-bond acceptors (Lipinski definition) is 4. The lowest BCUT2D eigenvalue weighted by atomic mass is 9.88. The molecule has 1 fully saturated rings. The fourth-order valence-corrected chi connectivity index (χ4v) is 2.88. The van der Waals surface area contributed by atoms with E-state index in [0.717, 1.165) is 31.2 Å². The van der Waals surface area contributed by atoms with Crippen LogP contribution in [0, 0.1) is 0 Å². The summed E-state index contributed by atoms with van der Waals surface area (Å²) < 4.78 is 5.33. The normalized spacial score (nSPS) is 19.9. The van der Waals surface area contributed by atoms with Gasteiger partial charge in [0.05, 0.1) is 11.2 Å². The summed E-state index contributed by atoms with van der Waals surface area (Å²) in [5, 5.41) is 2.78. The summed E-state index contributed by atoms with van der Waals surface area (Å²) in [5.41, 5.74) is 1.12. The first-order valence-electron chi connectivity index (χ1n) is 6.40. The standard InChI is InChI=1S/C14H14N2O3/c17-9-15-14(5-1-2-6-14)10-3-4-12-11(7-10)16-13(18)8-19-12/h3-4,7H,1-2,5-6,8H2,(H,16,18). The van der Waals surface area contributed by atoms with Crippen LogP contribution in [0.15, 0.2) is 23.2 Å². The Kier molecular flexibility index (Phi) is 2.84. The second-order valence-electron chi connectivity index (χ2n) is 4.99. The Balaban J connectivity index is 2.03. The Morgan fingerprint density at radius 1 is 1.32 bits per heavy atom. The van der Waals surface area contributed by atoms with Crippen molar-refractivity contribution in [3.05, 3.63) is 23.8 Å². The summed E-state index contributed by atoms with van der Waals surface area (Å²) in [4.78, 5) is 26.1. The fraction of sp³-hybridized carbons (Fsp3) is 0.429. The number of isocyanates is 1. The topological polar surface area (TPSA) is 67.8 Å². The van der Waals surface area contributed by atoms with Crippen LogP contribution in [0.3, 0.4) is 0 Å². The van der Waals surface area contributed by atoms with Crippen LogP contribution >= 0.6 is 0 Å². The number of carbonyl (C=O) groups excluding carboxylic acids is 2. The van der Waals surface area contributed by atoms with E-state index in [1.54, 1.807) is 6.08 Å². The maximum atomic E-state index is 11.3. The maximum Gasteiger partial charge on any atom is 0.262 e. The molecule has 0 saturated heterocycles. The van der Waals surface area contributed by atoms with E-state index in [9.17, 15) is 9.59 Å². The van der Waals surface area contributed by atoms with Gasteiger partial charge in [0.2, 0.25) is 6.08 Å². The number of hydrogen-bond donors (Lipinski definition) is 1. The van der Waals surface area contributed by atoms with Crippen molar-refractivity contribution in [3.63, 3.8) is 0 Å². The van der Waals surface area contributed by atoms with Crippen LogP contribution in [-0.2, 0) is 15.1 Å². The average Bonchev–Trinajstić information content (AvgIpc) is 2.88. The predicted octanol–water partition coefficient (Wildman–Crippen LogP) is 2.12. The first-order valence-corrected chi connectivity index (χ1v) is 6.40. The lowest BCUT2D eigenvalue weighted by molar-refractivity contribution is -0.118. The van der Waals surface area contributed by atoms with Crippen molar-refractivity contribution >= 4 is 17.7 Å². The molecule has 2 aliphatic rings. The molecule has 98 valence electrons. The molecule has 1 saturated carbocycles. The highest BCUT2D eigenvalue weighted by Gasteiger charge is 2.36. The Bertz CT molecular complexity index is 570. The van der Waals surface area contributed by atoms with Gasteiger partial charge in [0.25, 0.3) is 5.91 Å². The van der Waals surface area contributed by atoms with Crippen molar-refractivity contribution in [2.45, 2.75) is 31.2 Å². The van der Waals surface area contributed by atoms with E-state index in [2.05, 4.69) is 10.3 Å². The zero-order chi connectivity index (χ0) is 13.3. The monoisotopic (exact) mass is 258 g/mol. The third-order valence-corrected chi connectivity index (χ3v) is 3.84. The molecule has 1 aromatic rings. The number of aliphatic imine (C=N–C) groups is 1. The number of benzene rings is 1. The van der Waals surface area contributed by atoms with E-state index in [1.807, 2.05) is 18.2 Å². The number of rotatable bonds is 2. The molecule has 0 aromatic heterocycles. The number of fused-ring (bicyclic) bond motifs is 1. The number of ether oxygens (including phenoxy) is 1. The van der Waals surface area contributed by atoms with Gasteiger partial charge in [0, 0.05) is 0 Å². The van der Waals surface area contributed by atoms with E-state index in [-0.39, 0.29) is 12.5 Å². The lowest BCUT2D eigenvalue weighted by Crippen LogP contribution is -2.26. The third kappa shape index (κ3) is 2.02. The summed E-state index contributed by atoms with van der Waals surface area (Å²) in [6.45, 7) is 0.0456. The van der Waals surface area contributed by atoms with Gasteiger partial charge in [0.1, 0.15) is 5.75 Å². The van der Waals surface area contributed by atoms with Crippen molar-refractivity contribution in [1.29, 1.82) is 0 Å². The van der Waals surface area contributed by atoms with Crippen LogP contribution in [0.4, 0.5) is 5.69 Å². The van der Waals surface area contributed by atoms with E-state index in [1.165, 1.54) is 0 Å². The number of nitrogens with zero attached hydrogens (tertiary/aromatic N) is 1. The number of anilines is 1. The van der Waals surface area contributed by atoms with Gasteiger partial charge in [0.15, 0.2) is 6.61 Å². The molecule has 1 amide bonds. The van der Waals surface area contributed by atoms with Crippen LogP contribution in [0.5, 0.6) is 5.75 Å². The SMILES string of the molecule is O=C=NC1(c2ccc3c(c2)NC(=O)CO3)CCCC1. The molecule has 0 unspecified atom stereocenters. The van der Waals surface area contributed by atoms with Gasteiger partial charge >= 0.3 is 0 Å². The molecule has 0 spiro atoms. The van der Waals surface area contributed by atoms with E-state index in [4.69, 9.17) is 4.74 Å². The van der Waals surface area contributed by atoms with Gasteiger partial charge < -0.3 is 10.1 Å². The van der Waals surface area contributed by atoms with Crippen LogP contribution in [0.25, 0.3) is 0 Å². The minimum atomic E-state index is -0.473. The van der Waals surface area contributed by atoms with E-state index >= 15 is 0 Å². The second kappa shape index (κ2) is 4.52. The summed E-state index contributed by atoms with van der Waals surface area (Å²) in [7, 11) is 0. The van der Waals surface area contributed by atoms with Crippen LogP contribution in [0.2, 0.25) is 0 Å². The molecule has 1 aliphatic heterocycles. The second-order valence-corrected chi connectivity index (χ2v) is 4.99. The van der Waals surface area contributed by atoms with Crippen LogP contribution < -0.4 is 10.1 Å². The highest BCUT2D eigenvalue weighted by molar-refractivity contribution is 5.95. The maximum absolute atomic E-state index is 11.3. The smallest absolute Gasteiger partial charge is 0.262 e. The first-order chi connectivity index (χ1) is 9.23. The molecule has 3 rings (SSSR count). The average molecular weight is 258 g/mol. The predicted molar refractivity (Wildman–Crippen MR) is 68.8 cm³/mol. The number of nitrogens with one attached hydrogen (secondary N) is 1. The molecular formula is C14H14N2O3. The Labute approximate surface area is 110 Å². The molecular weight excluding hydrogens is 244 g/mol. The molecule has 0 radical (unpaired) electrons. The molecule has 5 heteroatoms. The molecule has 1 aliphatic carbocycles. The molecule has 19 heavy (non-hydrogen) atoms. The summed E-state index contributed by atoms with van der Waals surface area (Å²) in [6, 6.07) is 5.60. The van der Waals surface area contributed by atoms with Crippen molar-refractivity contribution in [3.8, 4) is 5.75 Å². The minimum absolute atomic E-state index is 0.0456. The van der Waals surface area contributed by atoms with Crippen LogP contribution in [0.1, 0.15) is 31.2 Å². The van der Waals surface area contributed by atoms with Gasteiger partial charge in [-0.05, 0) is 30.5 Å². The van der Waals surface area contributed by atoms with E-state index in [0.29, 0.717) is 11.4 Å². The van der Waals surface area contributed by atoms with Crippen LogP contribution in [-0.4, -0.2) is 18.6 Å². The molecule has 5 nitrogen and oxygen atoms in total. The van der Waals surface area contributed by atoms with Crippen molar-refractivity contribution in [1.82, 2.24) is 0 Å². The highest BCUT2D eigenvalue weighted by atomic mass is 16.5. The van der Waals surface area contributed by atoms with Gasteiger partial charge in [-0.1, -0.05) is 18.9 Å². The molecule has 1 N–H and O–H groups in total. The third-order valence-electron chi connectivity index (χ3n) is 3.84. The Morgan fingerprint density at radius 3 is 2.84 bits per heavy atom. The zero-order valence-electron chi connectivity index (χ0n) is 10.4. The van der Waals surface area contributed by atoms with Gasteiger partial charge in [-0.15, -0.1) is 0 Å². The molecule has 1 heterocycles. The van der Waals surface area contributed by atoms with Gasteiger partial charge in [-0.25, -0.2) is 4.79 Å². The fourth-order valence-electron chi connectivity index (χ4n) is 2.88. The summed E-state index contributed by atoms with van der Waals surface area (Å²) in [6.07, 6.45) is 5.47. The molecule has 0 atom stereocenters. The Hall–Kier alpha value is -2.13. The Morgan fingerprint density at radius 2 is 2.11 bits per heavy atom. The van der Waals surface area contributed by atoms with E-state index < -0.39 is 5.54 Å². The summed E-state index contributed by atoms with van der Waals surface area (Å²) in [5.74, 6) is 0.496. The largest absolute Gasteiger partial charge is 0.482 e. The van der Waals surface area contributed by atoms with Gasteiger partial charge in [-0.2, -0.15) is 4.99 Å². The first kappa shape index (κ1) is 11.9. The van der Waals surface area contributed by atoms with Gasteiger partial charge in [-0.3, -0.25) is 4.79 Å². The molecule has 1 aromatic carbocycles. The lowest BCUT2D eigenvalue weighted by Gasteiger charge is -2.25. The summed E-state index contributed by atoms with van der Waals surface area (Å²) >= 11 is 0. The van der Waals surface area contributed by atoms with Crippen molar-refractivity contribution < 1.29 is 14.3 Å². The van der Waals surface area contributed by atoms with Crippen molar-refractivity contribution in [2.75, 3.05) is 11.9 Å². The zero-order valence-corrected chi connectivity index (χ0v) is 10.4.